The van der Waals surface area contributed by atoms with Crippen LogP contribution in [-0.2, 0) is 0 Å². The molecule has 2 aromatic heterocycles. The zero-order chi connectivity index (χ0) is 11.0. The molecule has 0 aliphatic carbocycles. The van der Waals surface area contributed by atoms with Crippen LogP contribution in [0.2, 0.25) is 0 Å². The van der Waals surface area contributed by atoms with Gasteiger partial charge in [0.15, 0.2) is 0 Å². The number of nitrogens with one attached hydrogen (secondary N) is 1. The number of anilines is 1. The summed E-state index contributed by atoms with van der Waals surface area (Å²) in [6.07, 6.45) is 7.56. The molecule has 2 aromatic rings. The average molecular weight is 216 g/mol. The van der Waals surface area contributed by atoms with Crippen LogP contribution in [0.15, 0.2) is 24.5 Å². The summed E-state index contributed by atoms with van der Waals surface area (Å²) in [7, 11) is 0. The van der Waals surface area contributed by atoms with Crippen molar-refractivity contribution in [3.63, 3.8) is 0 Å². The quantitative estimate of drug-likeness (QED) is 0.763. The van der Waals surface area contributed by atoms with Gasteiger partial charge in [-0.3, -0.25) is 0 Å². The largest absolute Gasteiger partial charge is 0.398 e. The summed E-state index contributed by atoms with van der Waals surface area (Å²) in [6.45, 7) is 1.09. The SMILES string of the molecule is Nc1ccc2cnc(C3CCCCN3)n2c1. The van der Waals surface area contributed by atoms with Gasteiger partial charge in [0.25, 0.3) is 0 Å². The molecule has 1 aliphatic rings. The zero-order valence-corrected chi connectivity index (χ0v) is 9.19. The number of hydrogen-bond acceptors (Lipinski definition) is 3. The number of piperidine rings is 1. The van der Waals surface area contributed by atoms with Gasteiger partial charge in [-0.25, -0.2) is 4.98 Å². The minimum atomic E-state index is 0.373. The highest BCUT2D eigenvalue weighted by Crippen LogP contribution is 2.23. The predicted molar refractivity (Wildman–Crippen MR) is 64.2 cm³/mol. The molecule has 1 atom stereocenters. The second-order valence-electron chi connectivity index (χ2n) is 4.38. The lowest BCUT2D eigenvalue weighted by Gasteiger charge is -2.22. The topological polar surface area (TPSA) is 55.3 Å². The van der Waals surface area contributed by atoms with Crippen LogP contribution in [0.25, 0.3) is 5.52 Å². The van der Waals surface area contributed by atoms with Gasteiger partial charge in [0.2, 0.25) is 0 Å². The van der Waals surface area contributed by atoms with Gasteiger partial charge in [0.1, 0.15) is 5.82 Å². The fourth-order valence-electron chi connectivity index (χ4n) is 2.36. The van der Waals surface area contributed by atoms with Gasteiger partial charge in [-0.2, -0.15) is 0 Å². The Hall–Kier alpha value is -1.55. The molecule has 3 heterocycles. The fourth-order valence-corrected chi connectivity index (χ4v) is 2.36. The van der Waals surface area contributed by atoms with E-state index in [1.807, 2.05) is 24.5 Å². The van der Waals surface area contributed by atoms with E-state index >= 15 is 0 Å². The molecule has 4 nitrogen and oxygen atoms in total. The van der Waals surface area contributed by atoms with Gasteiger partial charge >= 0.3 is 0 Å². The van der Waals surface area contributed by atoms with E-state index in [0.29, 0.717) is 6.04 Å². The van der Waals surface area contributed by atoms with Crippen LogP contribution in [0.1, 0.15) is 31.1 Å². The fraction of sp³-hybridized carbons (Fsp3) is 0.417. The number of pyridine rings is 1. The minimum Gasteiger partial charge on any atom is -0.398 e. The molecule has 0 bridgehead atoms. The first-order valence-electron chi connectivity index (χ1n) is 5.80. The van der Waals surface area contributed by atoms with Crippen LogP contribution in [0.4, 0.5) is 5.69 Å². The van der Waals surface area contributed by atoms with Crippen molar-refractivity contribution in [1.29, 1.82) is 0 Å². The maximum Gasteiger partial charge on any atom is 0.130 e. The van der Waals surface area contributed by atoms with Crippen molar-refractivity contribution >= 4 is 11.2 Å². The Morgan fingerprint density at radius 2 is 2.31 bits per heavy atom. The smallest absolute Gasteiger partial charge is 0.130 e. The highest BCUT2D eigenvalue weighted by Gasteiger charge is 2.18. The van der Waals surface area contributed by atoms with E-state index in [-0.39, 0.29) is 0 Å². The third kappa shape index (κ3) is 1.55. The summed E-state index contributed by atoms with van der Waals surface area (Å²) in [6, 6.07) is 4.29. The van der Waals surface area contributed by atoms with Crippen molar-refractivity contribution in [3.05, 3.63) is 30.4 Å². The molecule has 16 heavy (non-hydrogen) atoms. The standard InChI is InChI=1S/C12H16N4/c13-9-4-5-10-7-15-12(16(10)8-9)11-3-1-2-6-14-11/h4-5,7-8,11,14H,1-3,6,13H2. The first kappa shape index (κ1) is 9.66. The van der Waals surface area contributed by atoms with Crippen LogP contribution in [0.5, 0.6) is 0 Å². The number of rotatable bonds is 1. The maximum absolute atomic E-state index is 5.81. The summed E-state index contributed by atoms with van der Waals surface area (Å²) in [5.41, 5.74) is 7.70. The first-order valence-corrected chi connectivity index (χ1v) is 5.80. The van der Waals surface area contributed by atoms with Crippen LogP contribution in [0, 0.1) is 0 Å². The molecule has 0 amide bonds. The summed E-state index contributed by atoms with van der Waals surface area (Å²) >= 11 is 0. The number of nitrogens with two attached hydrogens (primary N) is 1. The Labute approximate surface area is 94.5 Å². The van der Waals surface area contributed by atoms with Crippen molar-refractivity contribution in [2.45, 2.75) is 25.3 Å². The van der Waals surface area contributed by atoms with E-state index in [9.17, 15) is 0 Å². The minimum absolute atomic E-state index is 0.373. The molecule has 0 spiro atoms. The molecule has 1 saturated heterocycles. The summed E-state index contributed by atoms with van der Waals surface area (Å²) < 4.78 is 2.10. The molecule has 3 rings (SSSR count). The Morgan fingerprint density at radius 1 is 1.38 bits per heavy atom. The molecule has 4 heteroatoms. The molecule has 0 aromatic carbocycles. The van der Waals surface area contributed by atoms with E-state index in [0.717, 1.165) is 30.0 Å². The molecule has 0 saturated carbocycles. The Balaban J connectivity index is 2.05. The molecule has 1 fully saturated rings. The first-order chi connectivity index (χ1) is 7.84. The Kier molecular flexibility index (Phi) is 2.29. The van der Waals surface area contributed by atoms with Gasteiger partial charge < -0.3 is 15.5 Å². The number of nitrogen functional groups attached to an aromatic ring is 1. The highest BCUT2D eigenvalue weighted by atomic mass is 15.1. The number of imidazole rings is 1. The van der Waals surface area contributed by atoms with Crippen molar-refractivity contribution in [2.75, 3.05) is 12.3 Å². The van der Waals surface area contributed by atoms with Crippen molar-refractivity contribution in [3.8, 4) is 0 Å². The number of aromatic nitrogens is 2. The highest BCUT2D eigenvalue weighted by molar-refractivity contribution is 5.52. The Morgan fingerprint density at radius 3 is 3.12 bits per heavy atom. The van der Waals surface area contributed by atoms with Crippen LogP contribution < -0.4 is 11.1 Å². The second kappa shape index (κ2) is 3.79. The van der Waals surface area contributed by atoms with Gasteiger partial charge in [0, 0.05) is 11.9 Å². The van der Waals surface area contributed by atoms with E-state index in [1.165, 1.54) is 12.8 Å². The van der Waals surface area contributed by atoms with Crippen LogP contribution >= 0.6 is 0 Å². The number of fused-ring (bicyclic) bond motifs is 1. The Bertz CT molecular complexity index is 497. The van der Waals surface area contributed by atoms with Crippen LogP contribution in [-0.4, -0.2) is 15.9 Å². The molecule has 84 valence electrons. The molecule has 1 unspecified atom stereocenters. The van der Waals surface area contributed by atoms with Crippen molar-refractivity contribution in [1.82, 2.24) is 14.7 Å². The third-order valence-electron chi connectivity index (χ3n) is 3.20. The third-order valence-corrected chi connectivity index (χ3v) is 3.20. The predicted octanol–water partition coefficient (Wildman–Crippen LogP) is 1.73. The van der Waals surface area contributed by atoms with E-state index in [2.05, 4.69) is 14.7 Å². The van der Waals surface area contributed by atoms with Gasteiger partial charge in [-0.1, -0.05) is 6.42 Å². The molecule has 1 aliphatic heterocycles. The number of hydrogen-bond donors (Lipinski definition) is 2. The molecular weight excluding hydrogens is 200 g/mol. The monoisotopic (exact) mass is 216 g/mol. The zero-order valence-electron chi connectivity index (χ0n) is 9.19. The second-order valence-corrected chi connectivity index (χ2v) is 4.38. The van der Waals surface area contributed by atoms with Gasteiger partial charge in [-0.15, -0.1) is 0 Å². The number of nitrogens with zero attached hydrogens (tertiary/aromatic N) is 2. The van der Waals surface area contributed by atoms with Crippen molar-refractivity contribution in [2.24, 2.45) is 0 Å². The van der Waals surface area contributed by atoms with E-state index < -0.39 is 0 Å². The van der Waals surface area contributed by atoms with Crippen LogP contribution in [0.3, 0.4) is 0 Å². The van der Waals surface area contributed by atoms with Gasteiger partial charge in [0.05, 0.1) is 17.8 Å². The molecular formula is C12H16N4. The van der Waals surface area contributed by atoms with E-state index in [1.54, 1.807) is 0 Å². The molecule has 3 N–H and O–H groups in total. The molecule has 0 radical (unpaired) electrons. The maximum atomic E-state index is 5.81. The lowest BCUT2D eigenvalue weighted by molar-refractivity contribution is 0.396. The summed E-state index contributed by atoms with van der Waals surface area (Å²) in [5.74, 6) is 1.09. The van der Waals surface area contributed by atoms with Crippen molar-refractivity contribution < 1.29 is 0 Å². The van der Waals surface area contributed by atoms with Gasteiger partial charge in [-0.05, 0) is 31.5 Å². The lowest BCUT2D eigenvalue weighted by Crippen LogP contribution is -2.28. The average Bonchev–Trinajstić information content (AvgIpc) is 2.73. The summed E-state index contributed by atoms with van der Waals surface area (Å²) in [5, 5.41) is 3.51. The summed E-state index contributed by atoms with van der Waals surface area (Å²) in [4.78, 5) is 4.50. The normalized spacial score (nSPS) is 21.4. The van der Waals surface area contributed by atoms with E-state index in [4.69, 9.17) is 5.73 Å². The lowest BCUT2D eigenvalue weighted by atomic mass is 10.0.